The van der Waals surface area contributed by atoms with Crippen LogP contribution in [0.5, 0.6) is 0 Å². The van der Waals surface area contributed by atoms with Crippen molar-refractivity contribution >= 4 is 29.0 Å². The standard InChI is InChI=1S/C23H29ClFN7O/c24-16-3-1-15(2-4-16)12-30-17-5-8-23(14-26,9-6-17)31-13-19(22(28)33)21(27)32-18-7-10-29-20(25)11-18/h1-4,7,10-11,13,17,30-31H,5-6,8-9,12,14,26H2,(H2,28,33)(H2,27,29,32)/b19-13+. The first-order valence-corrected chi connectivity index (χ1v) is 11.1. The fourth-order valence-electron chi connectivity index (χ4n) is 3.80. The molecule has 0 unspecified atom stereocenters. The van der Waals surface area contributed by atoms with Crippen LogP contribution in [0.15, 0.2) is 59.4 Å². The third-order valence-electron chi connectivity index (χ3n) is 5.87. The zero-order valence-electron chi connectivity index (χ0n) is 18.2. The highest BCUT2D eigenvalue weighted by Crippen LogP contribution is 2.28. The predicted octanol–water partition coefficient (Wildman–Crippen LogP) is 2.25. The van der Waals surface area contributed by atoms with Crippen molar-refractivity contribution < 1.29 is 9.18 Å². The third kappa shape index (κ3) is 6.98. The molecule has 0 atom stereocenters. The first-order valence-electron chi connectivity index (χ1n) is 10.7. The van der Waals surface area contributed by atoms with E-state index in [0.29, 0.717) is 12.6 Å². The van der Waals surface area contributed by atoms with Gasteiger partial charge in [0.05, 0.1) is 11.3 Å². The topological polar surface area (TPSA) is 144 Å². The Hall–Kier alpha value is -3.01. The summed E-state index contributed by atoms with van der Waals surface area (Å²) in [6.45, 7) is 1.14. The Morgan fingerprint density at radius 1 is 1.24 bits per heavy atom. The maximum Gasteiger partial charge on any atom is 0.253 e. The summed E-state index contributed by atoms with van der Waals surface area (Å²) >= 11 is 5.94. The highest BCUT2D eigenvalue weighted by molar-refractivity contribution is 6.30. The molecular weight excluding hydrogens is 445 g/mol. The summed E-state index contributed by atoms with van der Waals surface area (Å²) in [7, 11) is 0. The van der Waals surface area contributed by atoms with E-state index in [2.05, 4.69) is 20.6 Å². The Morgan fingerprint density at radius 3 is 2.55 bits per heavy atom. The first-order chi connectivity index (χ1) is 15.8. The van der Waals surface area contributed by atoms with Crippen molar-refractivity contribution in [1.82, 2.24) is 15.6 Å². The molecular formula is C23H29ClFN7O. The molecule has 3 rings (SSSR count). The van der Waals surface area contributed by atoms with Crippen molar-refractivity contribution in [2.45, 2.75) is 43.8 Å². The SMILES string of the molecule is NCC1(N/C=C(/C(N)=O)C(N)=Nc2ccnc(F)c2)CCC(NCc2ccc(Cl)cc2)CC1. The Balaban J connectivity index is 1.62. The third-order valence-corrected chi connectivity index (χ3v) is 6.12. The van der Waals surface area contributed by atoms with E-state index in [4.69, 9.17) is 28.8 Å². The number of amidine groups is 1. The van der Waals surface area contributed by atoms with Crippen LogP contribution in [0, 0.1) is 5.95 Å². The lowest BCUT2D eigenvalue weighted by atomic mass is 9.79. The number of primary amides is 1. The van der Waals surface area contributed by atoms with Crippen LogP contribution < -0.4 is 27.8 Å². The summed E-state index contributed by atoms with van der Waals surface area (Å²) in [6, 6.07) is 10.7. The molecule has 1 aliphatic carbocycles. The highest BCUT2D eigenvalue weighted by atomic mass is 35.5. The van der Waals surface area contributed by atoms with Crippen molar-refractivity contribution in [2.75, 3.05) is 6.54 Å². The van der Waals surface area contributed by atoms with E-state index in [0.717, 1.165) is 43.3 Å². The van der Waals surface area contributed by atoms with Gasteiger partial charge in [-0.15, -0.1) is 0 Å². The van der Waals surface area contributed by atoms with E-state index in [-0.39, 0.29) is 22.6 Å². The molecule has 0 radical (unpaired) electrons. The molecule has 8 N–H and O–H groups in total. The Labute approximate surface area is 197 Å². The molecule has 1 aliphatic rings. The van der Waals surface area contributed by atoms with Crippen molar-refractivity contribution in [3.05, 3.63) is 70.9 Å². The molecule has 0 bridgehead atoms. The average Bonchev–Trinajstić information content (AvgIpc) is 2.79. The quantitative estimate of drug-likeness (QED) is 0.163. The second kappa shape index (κ2) is 11.2. The van der Waals surface area contributed by atoms with Crippen molar-refractivity contribution in [1.29, 1.82) is 0 Å². The number of aliphatic imine (C=N–C) groups is 1. The fraction of sp³-hybridized carbons (Fsp3) is 0.348. The molecule has 2 aromatic rings. The van der Waals surface area contributed by atoms with Gasteiger partial charge in [0.1, 0.15) is 5.84 Å². The number of benzene rings is 1. The number of carbonyl (C=O) groups is 1. The molecule has 1 fully saturated rings. The molecule has 1 saturated carbocycles. The van der Waals surface area contributed by atoms with Crippen LogP contribution in [0.3, 0.4) is 0 Å². The molecule has 1 amide bonds. The Kier molecular flexibility index (Phi) is 8.37. The molecule has 1 heterocycles. The molecule has 33 heavy (non-hydrogen) atoms. The lowest BCUT2D eigenvalue weighted by Crippen LogP contribution is -2.53. The smallest absolute Gasteiger partial charge is 0.253 e. The number of rotatable bonds is 9. The summed E-state index contributed by atoms with van der Waals surface area (Å²) in [5.41, 5.74) is 18.6. The number of hydrogen-bond donors (Lipinski definition) is 5. The average molecular weight is 474 g/mol. The van der Waals surface area contributed by atoms with E-state index in [1.54, 1.807) is 0 Å². The largest absolute Gasteiger partial charge is 0.383 e. The summed E-state index contributed by atoms with van der Waals surface area (Å²) in [4.78, 5) is 19.5. The molecule has 8 nitrogen and oxygen atoms in total. The summed E-state index contributed by atoms with van der Waals surface area (Å²) < 4.78 is 13.3. The summed E-state index contributed by atoms with van der Waals surface area (Å²) in [6.07, 6.45) is 6.16. The lowest BCUT2D eigenvalue weighted by molar-refractivity contribution is -0.114. The number of amides is 1. The zero-order chi connectivity index (χ0) is 23.8. The number of nitrogens with two attached hydrogens (primary N) is 3. The first kappa shape index (κ1) is 24.6. The number of aromatic nitrogens is 1. The van der Waals surface area contributed by atoms with Crippen LogP contribution in [0.4, 0.5) is 10.1 Å². The number of pyridine rings is 1. The van der Waals surface area contributed by atoms with Gasteiger partial charge < -0.3 is 27.8 Å². The number of carbonyl (C=O) groups excluding carboxylic acids is 1. The van der Waals surface area contributed by atoms with Gasteiger partial charge in [-0.2, -0.15) is 4.39 Å². The van der Waals surface area contributed by atoms with Gasteiger partial charge in [-0.05, 0) is 49.4 Å². The van der Waals surface area contributed by atoms with E-state index in [1.165, 1.54) is 24.0 Å². The van der Waals surface area contributed by atoms with Crippen molar-refractivity contribution in [3.8, 4) is 0 Å². The maximum absolute atomic E-state index is 13.3. The van der Waals surface area contributed by atoms with Crippen LogP contribution in [-0.4, -0.2) is 34.9 Å². The summed E-state index contributed by atoms with van der Waals surface area (Å²) in [5, 5.41) is 7.56. The van der Waals surface area contributed by atoms with Gasteiger partial charge in [0.15, 0.2) is 0 Å². The van der Waals surface area contributed by atoms with Crippen LogP contribution >= 0.6 is 11.6 Å². The molecule has 0 saturated heterocycles. The second-order valence-corrected chi connectivity index (χ2v) is 8.60. The van der Waals surface area contributed by atoms with Gasteiger partial charge in [-0.1, -0.05) is 23.7 Å². The van der Waals surface area contributed by atoms with Gasteiger partial charge in [0.2, 0.25) is 5.95 Å². The van der Waals surface area contributed by atoms with Gasteiger partial charge in [0.25, 0.3) is 5.91 Å². The fourth-order valence-corrected chi connectivity index (χ4v) is 3.93. The zero-order valence-corrected chi connectivity index (χ0v) is 19.0. The molecule has 176 valence electrons. The van der Waals surface area contributed by atoms with Crippen LogP contribution in [0.25, 0.3) is 0 Å². The second-order valence-electron chi connectivity index (χ2n) is 8.17. The number of nitrogens with zero attached hydrogens (tertiary/aromatic N) is 2. The van der Waals surface area contributed by atoms with Crippen LogP contribution in [-0.2, 0) is 11.3 Å². The number of halogens is 2. The van der Waals surface area contributed by atoms with Crippen molar-refractivity contribution in [3.63, 3.8) is 0 Å². The van der Waals surface area contributed by atoms with E-state index >= 15 is 0 Å². The van der Waals surface area contributed by atoms with Crippen LogP contribution in [0.1, 0.15) is 31.2 Å². The van der Waals surface area contributed by atoms with E-state index in [1.807, 2.05) is 24.3 Å². The van der Waals surface area contributed by atoms with Gasteiger partial charge in [-0.25, -0.2) is 9.98 Å². The Morgan fingerprint density at radius 2 is 1.94 bits per heavy atom. The molecule has 10 heteroatoms. The molecule has 1 aromatic heterocycles. The maximum atomic E-state index is 13.3. The minimum atomic E-state index is -0.747. The molecule has 1 aromatic carbocycles. The highest BCUT2D eigenvalue weighted by Gasteiger charge is 2.33. The van der Waals surface area contributed by atoms with E-state index < -0.39 is 11.9 Å². The van der Waals surface area contributed by atoms with E-state index in [9.17, 15) is 9.18 Å². The number of nitrogens with one attached hydrogen (secondary N) is 2. The van der Waals surface area contributed by atoms with Crippen LogP contribution in [0.2, 0.25) is 5.02 Å². The summed E-state index contributed by atoms with van der Waals surface area (Å²) in [5.74, 6) is -1.56. The minimum Gasteiger partial charge on any atom is -0.383 e. The van der Waals surface area contributed by atoms with Crippen molar-refractivity contribution in [2.24, 2.45) is 22.2 Å². The van der Waals surface area contributed by atoms with Gasteiger partial charge >= 0.3 is 0 Å². The van der Waals surface area contributed by atoms with Gasteiger partial charge in [-0.3, -0.25) is 4.79 Å². The molecule has 0 aliphatic heterocycles. The predicted molar refractivity (Wildman–Crippen MR) is 128 cm³/mol. The molecule has 0 spiro atoms. The monoisotopic (exact) mass is 473 g/mol. The normalized spacial score (nSPS) is 21.6. The number of hydrogen-bond acceptors (Lipinski definition) is 6. The Bertz CT molecular complexity index is 1020. The van der Waals surface area contributed by atoms with Gasteiger partial charge in [0, 0.05) is 48.2 Å². The lowest BCUT2D eigenvalue weighted by Gasteiger charge is -2.40. The minimum absolute atomic E-state index is 0.00281.